The summed E-state index contributed by atoms with van der Waals surface area (Å²) in [6, 6.07) is 8.80. The second-order valence-corrected chi connectivity index (χ2v) is 5.40. The van der Waals surface area contributed by atoms with E-state index in [2.05, 4.69) is 4.98 Å². The Morgan fingerprint density at radius 2 is 2.24 bits per heavy atom. The summed E-state index contributed by atoms with van der Waals surface area (Å²) in [5.74, 6) is -0.393. The maximum absolute atomic E-state index is 12.3. The van der Waals surface area contributed by atoms with Gasteiger partial charge >= 0.3 is 5.97 Å². The highest BCUT2D eigenvalue weighted by Crippen LogP contribution is 2.14. The van der Waals surface area contributed by atoms with E-state index >= 15 is 0 Å². The fraction of sp³-hybridized carbons (Fsp3) is 0.133. The van der Waals surface area contributed by atoms with Crippen LogP contribution in [-0.4, -0.2) is 22.6 Å². The topological polar surface area (TPSA) is 61.2 Å². The van der Waals surface area contributed by atoms with Gasteiger partial charge in [-0.1, -0.05) is 12.1 Å². The first-order chi connectivity index (χ1) is 10.2. The largest absolute Gasteiger partial charge is 0.465 e. The quantitative estimate of drug-likeness (QED) is 0.696. The second-order valence-electron chi connectivity index (χ2n) is 4.51. The molecule has 0 amide bonds. The number of thiophene rings is 1. The first-order valence-electron chi connectivity index (χ1n) is 6.29. The molecule has 0 spiro atoms. The highest BCUT2D eigenvalue weighted by atomic mass is 32.1. The molecule has 0 atom stereocenters. The average molecular weight is 300 g/mol. The molecule has 5 nitrogen and oxygen atoms in total. The smallest absolute Gasteiger partial charge is 0.337 e. The van der Waals surface area contributed by atoms with Crippen molar-refractivity contribution in [3.8, 4) is 0 Å². The molecule has 6 heteroatoms. The number of methoxy groups -OCH3 is 1. The van der Waals surface area contributed by atoms with Crippen LogP contribution < -0.4 is 5.56 Å². The number of nitrogens with zero attached hydrogens (tertiary/aromatic N) is 2. The predicted molar refractivity (Wildman–Crippen MR) is 80.8 cm³/mol. The molecule has 0 aliphatic heterocycles. The Kier molecular flexibility index (Phi) is 3.53. The van der Waals surface area contributed by atoms with Gasteiger partial charge in [0.1, 0.15) is 4.83 Å². The maximum Gasteiger partial charge on any atom is 0.337 e. The zero-order chi connectivity index (χ0) is 14.8. The fourth-order valence-corrected chi connectivity index (χ4v) is 2.84. The highest BCUT2D eigenvalue weighted by Gasteiger charge is 2.08. The van der Waals surface area contributed by atoms with E-state index < -0.39 is 5.97 Å². The van der Waals surface area contributed by atoms with Gasteiger partial charge in [-0.25, -0.2) is 9.78 Å². The predicted octanol–water partition coefficient (Wildman–Crippen LogP) is 2.29. The minimum absolute atomic E-state index is 0.0790. The normalized spacial score (nSPS) is 10.7. The number of carbonyl (C=O) groups excluding carboxylic acids is 1. The van der Waals surface area contributed by atoms with Crippen LogP contribution in [0.5, 0.6) is 0 Å². The van der Waals surface area contributed by atoms with Crippen LogP contribution >= 0.6 is 11.3 Å². The van der Waals surface area contributed by atoms with Crippen LogP contribution in [0.4, 0.5) is 0 Å². The van der Waals surface area contributed by atoms with Crippen LogP contribution in [0, 0.1) is 0 Å². The van der Waals surface area contributed by atoms with Gasteiger partial charge < -0.3 is 4.74 Å². The molecule has 106 valence electrons. The molecule has 0 aliphatic carbocycles. The lowest BCUT2D eigenvalue weighted by Gasteiger charge is -2.07. The number of rotatable bonds is 3. The molecule has 0 saturated carbocycles. The van der Waals surface area contributed by atoms with Crippen molar-refractivity contribution in [1.82, 2.24) is 9.55 Å². The summed E-state index contributed by atoms with van der Waals surface area (Å²) in [6.07, 6.45) is 1.53. The number of esters is 1. The SMILES string of the molecule is COC(=O)c1cccc(Cn2cnc3sccc3c2=O)c1. The number of hydrogen-bond acceptors (Lipinski definition) is 5. The van der Waals surface area contributed by atoms with E-state index in [-0.39, 0.29) is 5.56 Å². The minimum Gasteiger partial charge on any atom is -0.465 e. The Hall–Kier alpha value is -2.47. The van der Waals surface area contributed by atoms with Crippen LogP contribution in [0.15, 0.2) is 46.8 Å². The first kappa shape index (κ1) is 13.5. The van der Waals surface area contributed by atoms with E-state index in [9.17, 15) is 9.59 Å². The van der Waals surface area contributed by atoms with E-state index in [0.29, 0.717) is 17.5 Å². The standard InChI is InChI=1S/C15H12N2O3S/c1-20-15(19)11-4-2-3-10(7-11)8-17-9-16-13-12(14(17)18)5-6-21-13/h2-7,9H,8H2,1H3. The Morgan fingerprint density at radius 1 is 1.38 bits per heavy atom. The van der Waals surface area contributed by atoms with Crippen molar-refractivity contribution >= 4 is 27.5 Å². The van der Waals surface area contributed by atoms with Gasteiger partial charge in [-0.2, -0.15) is 0 Å². The van der Waals surface area contributed by atoms with Gasteiger partial charge in [-0.15, -0.1) is 11.3 Å². The van der Waals surface area contributed by atoms with Gasteiger partial charge in [0.25, 0.3) is 5.56 Å². The molecule has 0 saturated heterocycles. The van der Waals surface area contributed by atoms with E-state index in [1.807, 2.05) is 11.4 Å². The second kappa shape index (κ2) is 5.49. The fourth-order valence-electron chi connectivity index (χ4n) is 2.12. The van der Waals surface area contributed by atoms with Gasteiger partial charge in [0.2, 0.25) is 0 Å². The lowest BCUT2D eigenvalue weighted by Crippen LogP contribution is -2.20. The Bertz CT molecular complexity index is 866. The molecule has 3 aromatic rings. The van der Waals surface area contributed by atoms with Gasteiger partial charge in [0, 0.05) is 0 Å². The summed E-state index contributed by atoms with van der Waals surface area (Å²) in [7, 11) is 1.34. The van der Waals surface area contributed by atoms with E-state index in [1.54, 1.807) is 24.3 Å². The number of carbonyl (C=O) groups is 1. The van der Waals surface area contributed by atoms with Gasteiger partial charge in [-0.3, -0.25) is 9.36 Å². The summed E-state index contributed by atoms with van der Waals surface area (Å²) in [6.45, 7) is 0.364. The van der Waals surface area contributed by atoms with E-state index in [1.165, 1.54) is 29.3 Å². The molecule has 2 heterocycles. The van der Waals surface area contributed by atoms with Crippen molar-refractivity contribution in [3.63, 3.8) is 0 Å². The molecule has 3 rings (SSSR count). The average Bonchev–Trinajstić information content (AvgIpc) is 2.99. The molecule has 1 aromatic carbocycles. The molecule has 0 N–H and O–H groups in total. The number of aromatic nitrogens is 2. The number of fused-ring (bicyclic) bond motifs is 1. The van der Waals surface area contributed by atoms with Crippen LogP contribution in [0.3, 0.4) is 0 Å². The van der Waals surface area contributed by atoms with Crippen molar-refractivity contribution in [2.75, 3.05) is 7.11 Å². The molecular weight excluding hydrogens is 288 g/mol. The highest BCUT2D eigenvalue weighted by molar-refractivity contribution is 7.16. The van der Waals surface area contributed by atoms with Crippen LogP contribution in [0.1, 0.15) is 15.9 Å². The van der Waals surface area contributed by atoms with Crippen molar-refractivity contribution in [3.05, 3.63) is 63.5 Å². The number of hydrogen-bond donors (Lipinski definition) is 0. The molecule has 0 unspecified atom stereocenters. The maximum atomic E-state index is 12.3. The van der Waals surface area contributed by atoms with Crippen molar-refractivity contribution in [1.29, 1.82) is 0 Å². The lowest BCUT2D eigenvalue weighted by molar-refractivity contribution is 0.0600. The minimum atomic E-state index is -0.393. The molecule has 0 bridgehead atoms. The number of ether oxygens (including phenoxy) is 1. The summed E-state index contributed by atoms with van der Waals surface area (Å²) in [5, 5.41) is 2.47. The lowest BCUT2D eigenvalue weighted by atomic mass is 10.1. The summed E-state index contributed by atoms with van der Waals surface area (Å²) in [5.41, 5.74) is 1.23. The van der Waals surface area contributed by atoms with Gasteiger partial charge in [0.05, 0.1) is 30.9 Å². The van der Waals surface area contributed by atoms with Gasteiger partial charge in [-0.05, 0) is 29.1 Å². The zero-order valence-electron chi connectivity index (χ0n) is 11.3. The van der Waals surface area contributed by atoms with Crippen LogP contribution in [0.2, 0.25) is 0 Å². The molecule has 0 fully saturated rings. The summed E-state index contributed by atoms with van der Waals surface area (Å²) < 4.78 is 6.23. The van der Waals surface area contributed by atoms with E-state index in [0.717, 1.165) is 10.4 Å². The molecule has 21 heavy (non-hydrogen) atoms. The molecule has 0 aliphatic rings. The third kappa shape index (κ3) is 2.57. The number of benzene rings is 1. The Labute approximate surface area is 124 Å². The third-order valence-electron chi connectivity index (χ3n) is 3.15. The van der Waals surface area contributed by atoms with E-state index in [4.69, 9.17) is 4.74 Å². The van der Waals surface area contributed by atoms with Crippen molar-refractivity contribution in [2.24, 2.45) is 0 Å². The Balaban J connectivity index is 1.97. The first-order valence-corrected chi connectivity index (χ1v) is 7.17. The van der Waals surface area contributed by atoms with Crippen molar-refractivity contribution in [2.45, 2.75) is 6.54 Å². The van der Waals surface area contributed by atoms with Crippen molar-refractivity contribution < 1.29 is 9.53 Å². The third-order valence-corrected chi connectivity index (χ3v) is 3.97. The monoisotopic (exact) mass is 300 g/mol. The molecular formula is C15H12N2O3S. The molecule has 2 aromatic heterocycles. The zero-order valence-corrected chi connectivity index (χ0v) is 12.1. The summed E-state index contributed by atoms with van der Waals surface area (Å²) >= 11 is 1.44. The van der Waals surface area contributed by atoms with Crippen LogP contribution in [0.25, 0.3) is 10.2 Å². The Morgan fingerprint density at radius 3 is 3.05 bits per heavy atom. The van der Waals surface area contributed by atoms with Gasteiger partial charge in [0.15, 0.2) is 0 Å². The molecule has 0 radical (unpaired) electrons. The van der Waals surface area contributed by atoms with Crippen LogP contribution in [-0.2, 0) is 11.3 Å². The summed E-state index contributed by atoms with van der Waals surface area (Å²) in [4.78, 5) is 28.8.